The van der Waals surface area contributed by atoms with Gasteiger partial charge in [0.25, 0.3) is 5.69 Å². The second kappa shape index (κ2) is 7.13. The molecule has 0 saturated carbocycles. The molecule has 2 aromatic heterocycles. The molecule has 0 bridgehead atoms. The second-order valence-electron chi connectivity index (χ2n) is 6.40. The molecule has 0 unspecified atom stereocenters. The summed E-state index contributed by atoms with van der Waals surface area (Å²) in [5.74, 6) is 0. The van der Waals surface area contributed by atoms with E-state index in [1.165, 1.54) is 39.9 Å². The number of benzene rings is 1. The van der Waals surface area contributed by atoms with Crippen LogP contribution in [-0.4, -0.2) is 28.8 Å². The first kappa shape index (κ1) is 18.8. The molecule has 0 saturated heterocycles. The lowest BCUT2D eigenvalue weighted by molar-refractivity contribution is -0.387. The van der Waals surface area contributed by atoms with Crippen molar-refractivity contribution >= 4 is 27.0 Å². The predicted octanol–water partition coefficient (Wildman–Crippen LogP) is 2.65. The zero-order valence-electron chi connectivity index (χ0n) is 14.8. The van der Waals surface area contributed by atoms with Gasteiger partial charge in [0.05, 0.1) is 4.92 Å². The highest BCUT2D eigenvalue weighted by Gasteiger charge is 2.35. The number of nitrogens with zero attached hydrogens (tertiary/aromatic N) is 3. The van der Waals surface area contributed by atoms with E-state index in [0.29, 0.717) is 13.0 Å². The van der Waals surface area contributed by atoms with E-state index in [1.54, 1.807) is 0 Å². The normalized spacial score (nSPS) is 14.8. The molecule has 146 valence electrons. The Morgan fingerprint density at radius 3 is 2.57 bits per heavy atom. The summed E-state index contributed by atoms with van der Waals surface area (Å²) in [5, 5.41) is 12.3. The Morgan fingerprint density at radius 2 is 1.89 bits per heavy atom. The molecular formula is C18H18N4O4S2. The smallest absolute Gasteiger partial charge is 0.289 e. The number of fused-ring (bicyclic) bond motifs is 1. The van der Waals surface area contributed by atoms with Gasteiger partial charge in [-0.3, -0.25) is 10.1 Å². The quantitative estimate of drug-likeness (QED) is 0.506. The van der Waals surface area contributed by atoms with Crippen LogP contribution in [0.25, 0.3) is 5.00 Å². The van der Waals surface area contributed by atoms with Crippen molar-refractivity contribution in [3.63, 3.8) is 0 Å². The lowest BCUT2D eigenvalue weighted by Gasteiger charge is -2.26. The minimum atomic E-state index is -3.98. The summed E-state index contributed by atoms with van der Waals surface area (Å²) in [7, 11) is -3.98. The molecule has 28 heavy (non-hydrogen) atoms. The maximum Gasteiger partial charge on any atom is 0.289 e. The van der Waals surface area contributed by atoms with Gasteiger partial charge in [0.15, 0.2) is 4.90 Å². The molecule has 0 aliphatic carbocycles. The standard InChI is InChI=1S/C18H18N4O4S2/c19-11-14-13-7-10-21(12-16(13)27-18(14)20-8-3-4-9-20)28(25,26)17-6-2-1-5-15(17)22(23)24/h1-6,8-9H,7,10-12,19H2. The lowest BCUT2D eigenvalue weighted by atomic mass is 10.0. The van der Waals surface area contributed by atoms with Crippen LogP contribution in [0.1, 0.15) is 16.0 Å². The van der Waals surface area contributed by atoms with Crippen LogP contribution in [0.5, 0.6) is 0 Å². The van der Waals surface area contributed by atoms with Crippen LogP contribution in [0.2, 0.25) is 0 Å². The molecule has 4 rings (SSSR count). The summed E-state index contributed by atoms with van der Waals surface area (Å²) < 4.78 is 29.5. The van der Waals surface area contributed by atoms with Gasteiger partial charge < -0.3 is 10.3 Å². The fourth-order valence-corrected chi connectivity index (χ4v) is 6.50. The van der Waals surface area contributed by atoms with Crippen LogP contribution in [0.4, 0.5) is 5.69 Å². The summed E-state index contributed by atoms with van der Waals surface area (Å²) >= 11 is 1.51. The number of hydrogen-bond acceptors (Lipinski definition) is 6. The summed E-state index contributed by atoms with van der Waals surface area (Å²) in [4.78, 5) is 11.3. The number of aromatic nitrogens is 1. The summed E-state index contributed by atoms with van der Waals surface area (Å²) in [6.07, 6.45) is 4.38. The molecule has 3 heterocycles. The van der Waals surface area contributed by atoms with Crippen LogP contribution in [0.3, 0.4) is 0 Å². The zero-order chi connectivity index (χ0) is 19.9. The van der Waals surface area contributed by atoms with Crippen molar-refractivity contribution in [1.29, 1.82) is 0 Å². The molecule has 0 atom stereocenters. The van der Waals surface area contributed by atoms with E-state index in [0.717, 1.165) is 21.0 Å². The predicted molar refractivity (Wildman–Crippen MR) is 106 cm³/mol. The molecule has 1 aromatic carbocycles. The van der Waals surface area contributed by atoms with Crippen molar-refractivity contribution in [3.8, 4) is 5.00 Å². The van der Waals surface area contributed by atoms with E-state index < -0.39 is 20.6 Å². The van der Waals surface area contributed by atoms with E-state index >= 15 is 0 Å². The molecule has 0 amide bonds. The molecule has 2 N–H and O–H groups in total. The third-order valence-electron chi connectivity index (χ3n) is 4.83. The van der Waals surface area contributed by atoms with Crippen LogP contribution >= 0.6 is 11.3 Å². The first-order valence-corrected chi connectivity index (χ1v) is 10.9. The Labute approximate surface area is 166 Å². The van der Waals surface area contributed by atoms with Gasteiger partial charge in [-0.1, -0.05) is 12.1 Å². The maximum absolute atomic E-state index is 13.1. The van der Waals surface area contributed by atoms with Gasteiger partial charge >= 0.3 is 0 Å². The molecular weight excluding hydrogens is 400 g/mol. The first-order valence-electron chi connectivity index (χ1n) is 8.64. The maximum atomic E-state index is 13.1. The molecule has 1 aliphatic rings. The third kappa shape index (κ3) is 3.04. The number of para-hydroxylation sites is 1. The molecule has 8 nitrogen and oxygen atoms in total. The average molecular weight is 419 g/mol. The van der Waals surface area contributed by atoms with Crippen molar-refractivity contribution in [3.05, 3.63) is 74.9 Å². The second-order valence-corrected chi connectivity index (χ2v) is 9.39. The fourth-order valence-electron chi connectivity index (χ4n) is 3.49. The molecule has 0 spiro atoms. The Hall–Kier alpha value is -2.53. The fraction of sp³-hybridized carbons (Fsp3) is 0.222. The number of nitro groups is 1. The van der Waals surface area contributed by atoms with Crippen LogP contribution in [0.15, 0.2) is 53.7 Å². The van der Waals surface area contributed by atoms with Gasteiger partial charge in [0, 0.05) is 48.5 Å². The minimum Gasteiger partial charge on any atom is -0.326 e. The monoisotopic (exact) mass is 418 g/mol. The van der Waals surface area contributed by atoms with Crippen LogP contribution in [-0.2, 0) is 29.5 Å². The Bertz CT molecular complexity index is 1140. The highest BCUT2D eigenvalue weighted by molar-refractivity contribution is 7.89. The highest BCUT2D eigenvalue weighted by Crippen LogP contribution is 2.38. The van der Waals surface area contributed by atoms with E-state index in [2.05, 4.69) is 0 Å². The molecule has 1 aliphatic heterocycles. The number of thiophene rings is 1. The highest BCUT2D eigenvalue weighted by atomic mass is 32.2. The summed E-state index contributed by atoms with van der Waals surface area (Å²) in [5.41, 5.74) is 7.68. The molecule has 0 radical (unpaired) electrons. The topological polar surface area (TPSA) is 111 Å². The van der Waals surface area contributed by atoms with E-state index in [9.17, 15) is 18.5 Å². The molecule has 3 aromatic rings. The van der Waals surface area contributed by atoms with Gasteiger partial charge in [-0.2, -0.15) is 4.31 Å². The van der Waals surface area contributed by atoms with Crippen molar-refractivity contribution in [2.24, 2.45) is 5.73 Å². The molecule has 10 heteroatoms. The SMILES string of the molecule is NCc1c(-n2cccc2)sc2c1CCN(S(=O)(=O)c1ccccc1[N+](=O)[O-])C2. The lowest BCUT2D eigenvalue weighted by Crippen LogP contribution is -2.36. The summed E-state index contributed by atoms with van der Waals surface area (Å²) in [6, 6.07) is 9.30. The van der Waals surface area contributed by atoms with Crippen molar-refractivity contribution in [2.75, 3.05) is 6.54 Å². The van der Waals surface area contributed by atoms with Crippen LogP contribution in [0, 0.1) is 10.1 Å². The van der Waals surface area contributed by atoms with Gasteiger partial charge in [-0.05, 0) is 30.2 Å². The average Bonchev–Trinajstić information content (AvgIpc) is 3.34. The number of nitrogens with two attached hydrogens (primary N) is 1. The number of rotatable bonds is 5. The Morgan fingerprint density at radius 1 is 1.18 bits per heavy atom. The summed E-state index contributed by atoms with van der Waals surface area (Å²) in [6.45, 7) is 0.815. The van der Waals surface area contributed by atoms with Crippen molar-refractivity contribution < 1.29 is 13.3 Å². The van der Waals surface area contributed by atoms with E-state index in [-0.39, 0.29) is 18.0 Å². The zero-order valence-corrected chi connectivity index (χ0v) is 16.4. The van der Waals surface area contributed by atoms with Gasteiger partial charge in [-0.25, -0.2) is 8.42 Å². The minimum absolute atomic E-state index is 0.183. The molecule has 0 fully saturated rings. The van der Waals surface area contributed by atoms with Gasteiger partial charge in [0.1, 0.15) is 5.00 Å². The first-order chi connectivity index (χ1) is 13.4. The number of sulfonamides is 1. The van der Waals surface area contributed by atoms with Crippen molar-refractivity contribution in [1.82, 2.24) is 8.87 Å². The van der Waals surface area contributed by atoms with Gasteiger partial charge in [-0.15, -0.1) is 11.3 Å². The number of nitro benzene ring substituents is 1. The third-order valence-corrected chi connectivity index (χ3v) is 8.00. The van der Waals surface area contributed by atoms with Gasteiger partial charge in [0.2, 0.25) is 10.0 Å². The largest absolute Gasteiger partial charge is 0.326 e. The Balaban J connectivity index is 1.73. The van der Waals surface area contributed by atoms with Crippen molar-refractivity contribution in [2.45, 2.75) is 24.4 Å². The Kier molecular flexibility index (Phi) is 4.79. The number of hydrogen-bond donors (Lipinski definition) is 1. The van der Waals surface area contributed by atoms with Crippen LogP contribution < -0.4 is 5.73 Å². The van der Waals surface area contributed by atoms with E-state index in [1.807, 2.05) is 29.1 Å². The van der Waals surface area contributed by atoms with E-state index in [4.69, 9.17) is 5.73 Å².